The van der Waals surface area contributed by atoms with Gasteiger partial charge in [0.15, 0.2) is 0 Å². The highest BCUT2D eigenvalue weighted by molar-refractivity contribution is 8.00. The van der Waals surface area contributed by atoms with Gasteiger partial charge in [-0.15, -0.1) is 11.8 Å². The first-order chi connectivity index (χ1) is 12.9. The van der Waals surface area contributed by atoms with Crippen LogP contribution in [0.1, 0.15) is 39.0 Å². The third-order valence-electron chi connectivity index (χ3n) is 4.65. The van der Waals surface area contributed by atoms with E-state index in [1.807, 2.05) is 0 Å². The van der Waals surface area contributed by atoms with Crippen molar-refractivity contribution in [3.05, 3.63) is 24.3 Å². The van der Waals surface area contributed by atoms with E-state index in [0.29, 0.717) is 18.5 Å². The molecule has 1 aliphatic heterocycles. The fourth-order valence-electron chi connectivity index (χ4n) is 3.36. The molecule has 1 aromatic carbocycles. The summed E-state index contributed by atoms with van der Waals surface area (Å²) in [6.45, 7) is 1.43. The summed E-state index contributed by atoms with van der Waals surface area (Å²) in [5.41, 5.74) is 2.24. The van der Waals surface area contributed by atoms with Gasteiger partial charge < -0.3 is 10.6 Å². The molecule has 3 rings (SSSR count). The molecule has 0 aromatic heterocycles. The molecule has 0 radical (unpaired) electrons. The summed E-state index contributed by atoms with van der Waals surface area (Å²) < 4.78 is 0. The summed E-state index contributed by atoms with van der Waals surface area (Å²) >= 11 is 1.27. The molecule has 2 fully saturated rings. The van der Waals surface area contributed by atoms with Crippen LogP contribution in [0, 0.1) is 0 Å². The van der Waals surface area contributed by atoms with Gasteiger partial charge in [-0.25, -0.2) is 4.79 Å². The van der Waals surface area contributed by atoms with Crippen LogP contribution in [0.4, 0.5) is 10.5 Å². The predicted molar refractivity (Wildman–Crippen MR) is 101 cm³/mol. The Balaban J connectivity index is 1.52. The first-order valence-corrected chi connectivity index (χ1v) is 9.85. The number of rotatable bonds is 5. The summed E-state index contributed by atoms with van der Waals surface area (Å²) in [5, 5.41) is 6.23. The van der Waals surface area contributed by atoms with Crippen molar-refractivity contribution in [3.8, 4) is 0 Å². The number of hydrazine groups is 1. The highest BCUT2D eigenvalue weighted by atomic mass is 32.2. The van der Waals surface area contributed by atoms with Gasteiger partial charge in [-0.05, 0) is 37.1 Å². The fourth-order valence-corrected chi connectivity index (χ4v) is 4.05. The van der Waals surface area contributed by atoms with Crippen molar-refractivity contribution < 1.29 is 19.2 Å². The van der Waals surface area contributed by atoms with Gasteiger partial charge in [0.2, 0.25) is 11.8 Å². The van der Waals surface area contributed by atoms with E-state index >= 15 is 0 Å². The number of carbonyl (C=O) groups excluding carboxylic acids is 4. The SMILES string of the molecule is CC(=O)Nc1ccc(SCC(=O)NN2C(=O)NC3(CCCCC3)C2=O)cc1. The van der Waals surface area contributed by atoms with Crippen molar-refractivity contribution in [2.24, 2.45) is 0 Å². The summed E-state index contributed by atoms with van der Waals surface area (Å²) in [6, 6.07) is 6.49. The van der Waals surface area contributed by atoms with Crippen molar-refractivity contribution in [3.63, 3.8) is 0 Å². The van der Waals surface area contributed by atoms with Crippen molar-refractivity contribution in [1.82, 2.24) is 15.8 Å². The minimum Gasteiger partial charge on any atom is -0.326 e. The van der Waals surface area contributed by atoms with E-state index in [2.05, 4.69) is 16.1 Å². The molecule has 5 amide bonds. The number of thioether (sulfide) groups is 1. The lowest BCUT2D eigenvalue weighted by molar-refractivity contribution is -0.139. The quantitative estimate of drug-likeness (QED) is 0.527. The minimum atomic E-state index is -0.852. The van der Waals surface area contributed by atoms with Gasteiger partial charge in [-0.3, -0.25) is 19.8 Å². The molecule has 0 bridgehead atoms. The highest BCUT2D eigenvalue weighted by Gasteiger charge is 2.52. The molecule has 0 atom stereocenters. The van der Waals surface area contributed by atoms with Crippen molar-refractivity contribution in [2.45, 2.75) is 49.5 Å². The predicted octanol–water partition coefficient (Wildman–Crippen LogP) is 2.02. The summed E-state index contributed by atoms with van der Waals surface area (Å²) in [4.78, 5) is 48.8. The van der Waals surface area contributed by atoms with Crippen LogP contribution in [-0.2, 0) is 14.4 Å². The van der Waals surface area contributed by atoms with E-state index in [1.54, 1.807) is 24.3 Å². The number of hydrogen-bond acceptors (Lipinski definition) is 5. The maximum atomic E-state index is 12.6. The lowest BCUT2D eigenvalue weighted by atomic mass is 9.82. The second-order valence-electron chi connectivity index (χ2n) is 6.74. The van der Waals surface area contributed by atoms with Crippen LogP contribution in [0.2, 0.25) is 0 Å². The Labute approximate surface area is 161 Å². The Morgan fingerprint density at radius 1 is 1.15 bits per heavy atom. The van der Waals surface area contributed by atoms with Gasteiger partial charge in [-0.2, -0.15) is 5.01 Å². The lowest BCUT2D eigenvalue weighted by Gasteiger charge is -2.30. The van der Waals surface area contributed by atoms with Crippen LogP contribution in [0.25, 0.3) is 0 Å². The zero-order valence-electron chi connectivity index (χ0n) is 15.0. The van der Waals surface area contributed by atoms with Crippen molar-refractivity contribution in [1.29, 1.82) is 0 Å². The number of imide groups is 1. The Morgan fingerprint density at radius 2 is 1.81 bits per heavy atom. The molecule has 27 heavy (non-hydrogen) atoms. The van der Waals surface area contributed by atoms with Gasteiger partial charge in [0.25, 0.3) is 5.91 Å². The number of nitrogens with zero attached hydrogens (tertiary/aromatic N) is 1. The van der Waals surface area contributed by atoms with Crippen LogP contribution < -0.4 is 16.1 Å². The van der Waals surface area contributed by atoms with E-state index in [4.69, 9.17) is 0 Å². The number of nitrogens with one attached hydrogen (secondary N) is 3. The number of benzene rings is 1. The molecule has 3 N–H and O–H groups in total. The molecule has 1 heterocycles. The second kappa shape index (κ2) is 7.99. The number of amides is 5. The molecule has 144 valence electrons. The van der Waals surface area contributed by atoms with Crippen molar-refractivity contribution >= 4 is 41.2 Å². The maximum absolute atomic E-state index is 12.6. The standard InChI is InChI=1S/C18H22N4O4S/c1-12(23)19-13-5-7-14(8-6-13)27-11-15(24)21-22-16(25)18(20-17(22)26)9-3-2-4-10-18/h5-8H,2-4,9-11H2,1H3,(H,19,23)(H,20,26)(H,21,24). The average Bonchev–Trinajstić information content (AvgIpc) is 2.85. The number of carbonyl (C=O) groups is 4. The molecular formula is C18H22N4O4S. The third kappa shape index (κ3) is 4.41. The van der Waals surface area contributed by atoms with Gasteiger partial charge in [0.05, 0.1) is 5.75 Å². The largest absolute Gasteiger partial charge is 0.344 e. The average molecular weight is 390 g/mol. The molecule has 9 heteroatoms. The monoisotopic (exact) mass is 390 g/mol. The molecule has 1 spiro atoms. The van der Waals surface area contributed by atoms with Gasteiger partial charge in [0.1, 0.15) is 5.54 Å². The van der Waals surface area contributed by atoms with Crippen LogP contribution in [0.15, 0.2) is 29.2 Å². The molecule has 1 saturated heterocycles. The van der Waals surface area contributed by atoms with Crippen LogP contribution in [0.5, 0.6) is 0 Å². The first kappa shape index (κ1) is 19.2. The van der Waals surface area contributed by atoms with Crippen molar-refractivity contribution in [2.75, 3.05) is 11.1 Å². The zero-order valence-corrected chi connectivity index (χ0v) is 15.9. The number of hydrogen-bond donors (Lipinski definition) is 3. The molecule has 1 saturated carbocycles. The topological polar surface area (TPSA) is 108 Å². The van der Waals surface area contributed by atoms with E-state index in [1.165, 1.54) is 18.7 Å². The molecule has 1 aromatic rings. The fraction of sp³-hybridized carbons (Fsp3) is 0.444. The summed E-state index contributed by atoms with van der Waals surface area (Å²) in [5.74, 6) is -0.893. The van der Waals surface area contributed by atoms with E-state index in [9.17, 15) is 19.2 Å². The molecule has 8 nitrogen and oxygen atoms in total. The molecular weight excluding hydrogens is 368 g/mol. The van der Waals surface area contributed by atoms with Crippen LogP contribution in [0.3, 0.4) is 0 Å². The van der Waals surface area contributed by atoms with Gasteiger partial charge in [0, 0.05) is 17.5 Å². The second-order valence-corrected chi connectivity index (χ2v) is 7.79. The molecule has 1 aliphatic carbocycles. The first-order valence-electron chi connectivity index (χ1n) is 8.86. The molecule has 0 unspecified atom stereocenters. The van der Waals surface area contributed by atoms with Crippen LogP contribution in [-0.4, -0.2) is 40.1 Å². The third-order valence-corrected chi connectivity index (χ3v) is 5.66. The Bertz CT molecular complexity index is 759. The normalized spacial score (nSPS) is 18.3. The Kier molecular flexibility index (Phi) is 5.69. The zero-order chi connectivity index (χ0) is 19.4. The van der Waals surface area contributed by atoms with Gasteiger partial charge >= 0.3 is 6.03 Å². The summed E-state index contributed by atoms with van der Waals surface area (Å²) in [6.07, 6.45) is 4.05. The van der Waals surface area contributed by atoms with Gasteiger partial charge in [-0.1, -0.05) is 19.3 Å². The Morgan fingerprint density at radius 3 is 2.44 bits per heavy atom. The van der Waals surface area contributed by atoms with E-state index in [-0.39, 0.29) is 17.6 Å². The Hall–Kier alpha value is -2.55. The smallest absolute Gasteiger partial charge is 0.326 e. The van der Waals surface area contributed by atoms with E-state index < -0.39 is 17.5 Å². The molecule has 2 aliphatic rings. The number of urea groups is 1. The van der Waals surface area contributed by atoms with Crippen LogP contribution >= 0.6 is 11.8 Å². The minimum absolute atomic E-state index is 0.0591. The maximum Gasteiger partial charge on any atom is 0.344 e. The number of anilines is 1. The lowest BCUT2D eigenvalue weighted by Crippen LogP contribution is -2.51. The summed E-state index contributed by atoms with van der Waals surface area (Å²) in [7, 11) is 0. The highest BCUT2D eigenvalue weighted by Crippen LogP contribution is 2.33. The van der Waals surface area contributed by atoms with E-state index in [0.717, 1.165) is 29.2 Å².